The Morgan fingerprint density at radius 2 is 1.54 bits per heavy atom. The molecule has 24 heavy (non-hydrogen) atoms. The van der Waals surface area contributed by atoms with E-state index < -0.39 is 45.3 Å². The minimum absolute atomic E-state index is 0.156. The number of esters is 1. The van der Waals surface area contributed by atoms with Crippen LogP contribution in [-0.2, 0) is 23.1 Å². The molecule has 0 aliphatic heterocycles. The summed E-state index contributed by atoms with van der Waals surface area (Å²) in [7, 11) is -4.78. The maximum atomic E-state index is 12.1. The highest BCUT2D eigenvalue weighted by atomic mass is 31.2. The molecule has 0 radical (unpaired) electrons. The highest BCUT2D eigenvalue weighted by Gasteiger charge is 2.38. The van der Waals surface area contributed by atoms with E-state index in [1.165, 1.54) is 13.0 Å². The van der Waals surface area contributed by atoms with Gasteiger partial charge in [-0.25, -0.2) is 4.79 Å². The number of allylic oxidation sites excluding steroid dienone is 1. The van der Waals surface area contributed by atoms with Crippen molar-refractivity contribution in [1.29, 1.82) is 0 Å². The fourth-order valence-corrected chi connectivity index (χ4v) is 2.54. The second-order valence-electron chi connectivity index (χ2n) is 4.34. The Balaban J connectivity index is 5.01. The number of hydrogen-bond acceptors (Lipinski definition) is 5. The van der Waals surface area contributed by atoms with E-state index >= 15 is 0 Å². The van der Waals surface area contributed by atoms with Gasteiger partial charge in [0.05, 0.1) is 6.16 Å². The summed E-state index contributed by atoms with van der Waals surface area (Å²) in [5, 5.41) is 0. The van der Waals surface area contributed by atoms with E-state index in [0.29, 0.717) is 0 Å². The fraction of sp³-hybridized carbons (Fsp3) is 0.583. The Labute approximate surface area is 133 Å². The van der Waals surface area contributed by atoms with E-state index in [1.54, 1.807) is 0 Å². The molecular formula is C12H15F6O5P. The van der Waals surface area contributed by atoms with Gasteiger partial charge in [-0.15, -0.1) is 0 Å². The third kappa shape index (κ3) is 11.3. The highest BCUT2D eigenvalue weighted by Crippen LogP contribution is 2.50. The lowest BCUT2D eigenvalue weighted by Crippen LogP contribution is -2.20. The van der Waals surface area contributed by atoms with Crippen molar-refractivity contribution in [2.75, 3.05) is 26.0 Å². The minimum Gasteiger partial charge on any atom is -0.458 e. The summed E-state index contributed by atoms with van der Waals surface area (Å²) in [4.78, 5) is 11.4. The normalized spacial score (nSPS) is 13.7. The highest BCUT2D eigenvalue weighted by molar-refractivity contribution is 7.54. The first kappa shape index (κ1) is 22.7. The number of alkyl halides is 6. The van der Waals surface area contributed by atoms with Gasteiger partial charge in [0.2, 0.25) is 0 Å². The maximum absolute atomic E-state index is 12.1. The smallest absolute Gasteiger partial charge is 0.412 e. The molecule has 0 spiro atoms. The molecule has 0 aromatic heterocycles. The second-order valence-corrected chi connectivity index (χ2v) is 6.45. The molecule has 0 atom stereocenters. The van der Waals surface area contributed by atoms with Crippen LogP contribution in [0.2, 0.25) is 0 Å². The van der Waals surface area contributed by atoms with Gasteiger partial charge in [-0.1, -0.05) is 18.7 Å². The van der Waals surface area contributed by atoms with Crippen LogP contribution >= 0.6 is 7.60 Å². The topological polar surface area (TPSA) is 61.8 Å². The molecule has 0 heterocycles. The summed E-state index contributed by atoms with van der Waals surface area (Å²) in [5.74, 6) is -0.909. The van der Waals surface area contributed by atoms with Crippen LogP contribution in [0.4, 0.5) is 26.3 Å². The van der Waals surface area contributed by atoms with E-state index in [2.05, 4.69) is 20.4 Å². The van der Waals surface area contributed by atoms with Gasteiger partial charge in [-0.05, 0) is 6.92 Å². The Hall–Kier alpha value is -1.32. The predicted octanol–water partition coefficient (Wildman–Crippen LogP) is 4.01. The monoisotopic (exact) mass is 384 g/mol. The van der Waals surface area contributed by atoms with E-state index in [0.717, 1.165) is 6.08 Å². The number of halogens is 6. The Bertz CT molecular complexity index is 489. The minimum atomic E-state index is -4.92. The van der Waals surface area contributed by atoms with Crippen LogP contribution in [0.3, 0.4) is 0 Å². The van der Waals surface area contributed by atoms with Gasteiger partial charge in [0.15, 0.2) is 13.2 Å². The standard InChI is InChI=1S/C12H15F6O5P/c1-3-5-21-10(19)9(2)4-6-24(20,22-7-11(13,14)15)23-8-12(16,17)18/h3-4H,1,5-8H2,2H3/b9-4+. The Kier molecular flexibility index (Phi) is 8.73. The van der Waals surface area contributed by atoms with Crippen LogP contribution in [0.1, 0.15) is 6.92 Å². The number of carbonyl (C=O) groups is 1. The van der Waals surface area contributed by atoms with E-state index in [4.69, 9.17) is 0 Å². The van der Waals surface area contributed by atoms with E-state index in [9.17, 15) is 35.7 Å². The molecule has 0 aromatic rings. The lowest BCUT2D eigenvalue weighted by Gasteiger charge is -2.19. The van der Waals surface area contributed by atoms with E-state index in [-0.39, 0.29) is 12.2 Å². The summed E-state index contributed by atoms with van der Waals surface area (Å²) in [6, 6.07) is 0. The van der Waals surface area contributed by atoms with Crippen molar-refractivity contribution in [3.63, 3.8) is 0 Å². The van der Waals surface area contributed by atoms with Gasteiger partial charge in [0.1, 0.15) is 6.61 Å². The van der Waals surface area contributed by atoms with Gasteiger partial charge < -0.3 is 4.74 Å². The molecule has 0 fully saturated rings. The van der Waals surface area contributed by atoms with Crippen molar-refractivity contribution >= 4 is 13.6 Å². The Morgan fingerprint density at radius 1 is 1.08 bits per heavy atom. The lowest BCUT2D eigenvalue weighted by molar-refractivity contribution is -0.165. The predicted molar refractivity (Wildman–Crippen MR) is 71.4 cm³/mol. The van der Waals surface area contributed by atoms with Crippen LogP contribution in [-0.4, -0.2) is 44.3 Å². The lowest BCUT2D eigenvalue weighted by atomic mass is 10.3. The first-order chi connectivity index (χ1) is 10.8. The van der Waals surface area contributed by atoms with Crippen LogP contribution < -0.4 is 0 Å². The van der Waals surface area contributed by atoms with Gasteiger partial charge >= 0.3 is 25.9 Å². The first-order valence-electron chi connectivity index (χ1n) is 6.24. The molecular weight excluding hydrogens is 369 g/mol. The third-order valence-electron chi connectivity index (χ3n) is 2.13. The van der Waals surface area contributed by atoms with Crippen LogP contribution in [0.5, 0.6) is 0 Å². The molecule has 0 N–H and O–H groups in total. The molecule has 0 aromatic carbocycles. The molecule has 0 aliphatic rings. The number of carbonyl (C=O) groups excluding carboxylic acids is 1. The quantitative estimate of drug-likeness (QED) is 0.198. The third-order valence-corrected chi connectivity index (χ3v) is 3.80. The average molecular weight is 384 g/mol. The second kappa shape index (κ2) is 9.24. The van der Waals surface area contributed by atoms with Crippen molar-refractivity contribution < 1.29 is 49.5 Å². The first-order valence-corrected chi connectivity index (χ1v) is 7.97. The summed E-state index contributed by atoms with van der Waals surface area (Å²) in [5.41, 5.74) is -0.191. The zero-order chi connectivity index (χ0) is 19.0. The largest absolute Gasteiger partial charge is 0.458 e. The summed E-state index contributed by atoms with van der Waals surface area (Å²) in [6.07, 6.45) is -8.74. The van der Waals surface area contributed by atoms with Crippen LogP contribution in [0.15, 0.2) is 24.3 Å². The molecule has 0 bridgehead atoms. The molecule has 0 saturated heterocycles. The van der Waals surface area contributed by atoms with Gasteiger partial charge in [0.25, 0.3) is 0 Å². The van der Waals surface area contributed by atoms with Gasteiger partial charge in [-0.2, -0.15) is 26.3 Å². The summed E-state index contributed by atoms with van der Waals surface area (Å²) >= 11 is 0. The molecule has 0 unspecified atom stereocenters. The van der Waals surface area contributed by atoms with Crippen molar-refractivity contribution in [3.05, 3.63) is 24.3 Å². The zero-order valence-corrected chi connectivity index (χ0v) is 13.3. The number of ether oxygens (including phenoxy) is 1. The molecule has 0 rings (SSSR count). The summed E-state index contributed by atoms with van der Waals surface area (Å²) < 4.78 is 97.2. The van der Waals surface area contributed by atoms with Crippen molar-refractivity contribution in [3.8, 4) is 0 Å². The average Bonchev–Trinajstić information content (AvgIpc) is 2.45. The van der Waals surface area contributed by atoms with E-state index in [1.807, 2.05) is 0 Å². The van der Waals surface area contributed by atoms with Crippen molar-refractivity contribution in [1.82, 2.24) is 0 Å². The van der Waals surface area contributed by atoms with Crippen molar-refractivity contribution in [2.45, 2.75) is 19.3 Å². The number of rotatable bonds is 9. The Morgan fingerprint density at radius 3 is 1.92 bits per heavy atom. The molecule has 5 nitrogen and oxygen atoms in total. The molecule has 0 saturated carbocycles. The van der Waals surface area contributed by atoms with Gasteiger partial charge in [-0.3, -0.25) is 13.6 Å². The SMILES string of the molecule is C=CCOC(=O)/C(C)=C/CP(=O)(OCC(F)(F)F)OCC(F)(F)F. The van der Waals surface area contributed by atoms with Crippen molar-refractivity contribution in [2.24, 2.45) is 0 Å². The molecule has 0 amide bonds. The van der Waals surface area contributed by atoms with Crippen LogP contribution in [0.25, 0.3) is 0 Å². The van der Waals surface area contributed by atoms with Crippen LogP contribution in [0, 0.1) is 0 Å². The molecule has 12 heteroatoms. The molecule has 0 aliphatic carbocycles. The fourth-order valence-electron chi connectivity index (χ4n) is 1.07. The zero-order valence-electron chi connectivity index (χ0n) is 12.4. The molecule has 140 valence electrons. The summed E-state index contributed by atoms with van der Waals surface area (Å²) in [6.45, 7) is 0.172. The van der Waals surface area contributed by atoms with Gasteiger partial charge in [0, 0.05) is 5.57 Å². The maximum Gasteiger partial charge on any atom is 0.412 e. The number of hydrogen-bond donors (Lipinski definition) is 0.